The lowest BCUT2D eigenvalue weighted by atomic mass is 10.1. The average Bonchev–Trinajstić information content (AvgIpc) is 2.25. The molecule has 0 aliphatic rings. The molecular weight excluding hydrogens is 219 g/mol. The first kappa shape index (κ1) is 13.9. The molecule has 96 valence electrons. The van der Waals surface area contributed by atoms with Crippen LogP contribution in [0.3, 0.4) is 0 Å². The molecule has 1 rings (SSSR count). The number of rotatable bonds is 5. The van der Waals surface area contributed by atoms with Crippen LogP contribution in [0.15, 0.2) is 18.2 Å². The topological polar surface area (TPSA) is 26.7 Å². The summed E-state index contributed by atoms with van der Waals surface area (Å²) in [5.41, 5.74) is 1.51. The second-order valence-electron chi connectivity index (χ2n) is 4.60. The summed E-state index contributed by atoms with van der Waals surface area (Å²) < 4.78 is 13.1. The summed E-state index contributed by atoms with van der Waals surface area (Å²) in [4.78, 5) is 4.11. The zero-order valence-electron chi connectivity index (χ0n) is 10.9. The summed E-state index contributed by atoms with van der Waals surface area (Å²) in [5.74, 6) is -0.314. The summed E-state index contributed by atoms with van der Waals surface area (Å²) in [6.45, 7) is 3.39. The molecule has 1 atom stereocenters. The lowest BCUT2D eigenvalue weighted by Gasteiger charge is -2.25. The molecule has 0 radical (unpaired) electrons. The third-order valence-electron chi connectivity index (χ3n) is 2.73. The molecule has 0 bridgehead atoms. The maximum atomic E-state index is 13.1. The van der Waals surface area contributed by atoms with Gasteiger partial charge in [-0.05, 0) is 39.2 Å². The summed E-state index contributed by atoms with van der Waals surface area (Å²) in [5, 5.41) is 9.65. The Balaban J connectivity index is 2.88. The van der Waals surface area contributed by atoms with Gasteiger partial charge in [-0.1, -0.05) is 0 Å². The molecule has 0 spiro atoms. The van der Waals surface area contributed by atoms with Crippen molar-refractivity contribution >= 4 is 5.69 Å². The Morgan fingerprint density at radius 3 is 2.41 bits per heavy atom. The van der Waals surface area contributed by atoms with Gasteiger partial charge >= 0.3 is 0 Å². The third kappa shape index (κ3) is 3.98. The summed E-state index contributed by atoms with van der Waals surface area (Å²) in [7, 11) is 5.96. The lowest BCUT2D eigenvalue weighted by molar-refractivity contribution is 0.199. The number of benzene rings is 1. The largest absolute Gasteiger partial charge is 0.389 e. The van der Waals surface area contributed by atoms with Gasteiger partial charge < -0.3 is 14.9 Å². The number of halogens is 1. The Labute approximate surface area is 102 Å². The average molecular weight is 240 g/mol. The van der Waals surface area contributed by atoms with Crippen LogP contribution >= 0.6 is 0 Å². The van der Waals surface area contributed by atoms with Crippen molar-refractivity contribution in [1.82, 2.24) is 4.90 Å². The van der Waals surface area contributed by atoms with Crippen molar-refractivity contribution in [3.8, 4) is 0 Å². The smallest absolute Gasteiger partial charge is 0.123 e. The van der Waals surface area contributed by atoms with E-state index in [1.165, 1.54) is 12.1 Å². The van der Waals surface area contributed by atoms with E-state index in [9.17, 15) is 9.50 Å². The van der Waals surface area contributed by atoms with Crippen molar-refractivity contribution in [2.45, 2.75) is 13.0 Å². The van der Waals surface area contributed by atoms with Crippen molar-refractivity contribution in [3.63, 3.8) is 0 Å². The van der Waals surface area contributed by atoms with Gasteiger partial charge in [0.15, 0.2) is 0 Å². The first-order valence-corrected chi connectivity index (χ1v) is 5.75. The molecule has 0 aliphatic carbocycles. The number of likely N-dealkylation sites (N-methyl/N-ethyl adjacent to an activating group) is 2. The number of anilines is 1. The lowest BCUT2D eigenvalue weighted by Crippen LogP contribution is -2.29. The fraction of sp³-hybridized carbons (Fsp3) is 0.538. The van der Waals surface area contributed by atoms with E-state index >= 15 is 0 Å². The molecule has 1 unspecified atom stereocenters. The molecule has 0 saturated carbocycles. The van der Waals surface area contributed by atoms with Gasteiger partial charge in [-0.25, -0.2) is 4.39 Å². The fourth-order valence-corrected chi connectivity index (χ4v) is 1.68. The SMILES string of the molecule is CC(O)c1cc(F)ccc1N(C)CCN(C)C. The monoisotopic (exact) mass is 240 g/mol. The molecule has 0 heterocycles. The highest BCUT2D eigenvalue weighted by atomic mass is 19.1. The predicted molar refractivity (Wildman–Crippen MR) is 68.9 cm³/mol. The number of hydrogen-bond acceptors (Lipinski definition) is 3. The Hall–Kier alpha value is -1.13. The van der Waals surface area contributed by atoms with E-state index in [1.807, 2.05) is 26.0 Å². The molecule has 4 heteroatoms. The van der Waals surface area contributed by atoms with Gasteiger partial charge in [-0.2, -0.15) is 0 Å². The van der Waals surface area contributed by atoms with Crippen LogP contribution in [0, 0.1) is 5.82 Å². The summed E-state index contributed by atoms with van der Waals surface area (Å²) >= 11 is 0. The van der Waals surface area contributed by atoms with E-state index in [0.717, 1.165) is 18.8 Å². The molecule has 17 heavy (non-hydrogen) atoms. The van der Waals surface area contributed by atoms with Gasteiger partial charge in [-0.3, -0.25) is 0 Å². The molecule has 1 aromatic rings. The van der Waals surface area contributed by atoms with Gasteiger partial charge in [0.2, 0.25) is 0 Å². The Morgan fingerprint density at radius 2 is 1.88 bits per heavy atom. The van der Waals surface area contributed by atoms with Crippen LogP contribution in [0.25, 0.3) is 0 Å². The van der Waals surface area contributed by atoms with E-state index in [0.29, 0.717) is 5.56 Å². The third-order valence-corrected chi connectivity index (χ3v) is 2.73. The maximum Gasteiger partial charge on any atom is 0.123 e. The Bertz CT molecular complexity index is 366. The van der Waals surface area contributed by atoms with Gasteiger partial charge in [0, 0.05) is 31.4 Å². The van der Waals surface area contributed by atoms with E-state index in [-0.39, 0.29) is 5.82 Å². The van der Waals surface area contributed by atoms with Crippen molar-refractivity contribution < 1.29 is 9.50 Å². The summed E-state index contributed by atoms with van der Waals surface area (Å²) in [6, 6.07) is 4.53. The molecule has 1 N–H and O–H groups in total. The fourth-order valence-electron chi connectivity index (χ4n) is 1.68. The van der Waals surface area contributed by atoms with Crippen LogP contribution in [0.4, 0.5) is 10.1 Å². The molecular formula is C13H21FN2O. The number of hydrogen-bond donors (Lipinski definition) is 1. The normalized spacial score (nSPS) is 12.9. The maximum absolute atomic E-state index is 13.1. The van der Waals surface area contributed by atoms with Crippen LogP contribution in [0.1, 0.15) is 18.6 Å². The van der Waals surface area contributed by atoms with Crippen molar-refractivity contribution in [1.29, 1.82) is 0 Å². The van der Waals surface area contributed by atoms with Crippen LogP contribution in [0.5, 0.6) is 0 Å². The van der Waals surface area contributed by atoms with E-state index in [4.69, 9.17) is 0 Å². The van der Waals surface area contributed by atoms with Gasteiger partial charge in [0.1, 0.15) is 5.82 Å². The minimum Gasteiger partial charge on any atom is -0.389 e. The van der Waals surface area contributed by atoms with Gasteiger partial charge in [0.05, 0.1) is 6.10 Å². The highest BCUT2D eigenvalue weighted by Crippen LogP contribution is 2.26. The minimum absolute atomic E-state index is 0.314. The zero-order valence-corrected chi connectivity index (χ0v) is 10.9. The molecule has 0 fully saturated rings. The molecule has 0 aromatic heterocycles. The standard InChI is InChI=1S/C13H21FN2O/c1-10(17)12-9-11(14)5-6-13(12)16(4)8-7-15(2)3/h5-6,9-10,17H,7-8H2,1-4H3. The van der Waals surface area contributed by atoms with E-state index < -0.39 is 6.10 Å². The highest BCUT2D eigenvalue weighted by Gasteiger charge is 2.12. The molecule has 0 saturated heterocycles. The highest BCUT2D eigenvalue weighted by molar-refractivity contribution is 5.54. The Morgan fingerprint density at radius 1 is 1.24 bits per heavy atom. The van der Waals surface area contributed by atoms with Crippen LogP contribution in [0.2, 0.25) is 0 Å². The molecule has 1 aromatic carbocycles. The van der Waals surface area contributed by atoms with Crippen molar-refractivity contribution in [2.24, 2.45) is 0 Å². The van der Waals surface area contributed by atoms with Crippen molar-refractivity contribution in [3.05, 3.63) is 29.6 Å². The first-order valence-electron chi connectivity index (χ1n) is 5.75. The minimum atomic E-state index is -0.664. The van der Waals surface area contributed by atoms with Crippen molar-refractivity contribution in [2.75, 3.05) is 39.1 Å². The van der Waals surface area contributed by atoms with E-state index in [1.54, 1.807) is 13.0 Å². The zero-order chi connectivity index (χ0) is 13.0. The van der Waals surface area contributed by atoms with Crippen LogP contribution in [-0.4, -0.2) is 44.2 Å². The van der Waals surface area contributed by atoms with Gasteiger partial charge in [0.25, 0.3) is 0 Å². The molecule has 3 nitrogen and oxygen atoms in total. The predicted octanol–water partition coefficient (Wildman–Crippen LogP) is 1.88. The molecule has 0 amide bonds. The van der Waals surface area contributed by atoms with E-state index in [2.05, 4.69) is 4.90 Å². The Kier molecular flexibility index (Phi) is 4.90. The second-order valence-corrected chi connectivity index (χ2v) is 4.60. The molecule has 0 aliphatic heterocycles. The number of aliphatic hydroxyl groups is 1. The number of nitrogens with zero attached hydrogens (tertiary/aromatic N) is 2. The van der Waals surface area contributed by atoms with Crippen LogP contribution < -0.4 is 4.90 Å². The quantitative estimate of drug-likeness (QED) is 0.851. The number of aliphatic hydroxyl groups excluding tert-OH is 1. The second kappa shape index (κ2) is 5.98. The first-order chi connectivity index (χ1) is 7.91. The van der Waals surface area contributed by atoms with Gasteiger partial charge in [-0.15, -0.1) is 0 Å². The summed E-state index contributed by atoms with van der Waals surface area (Å²) in [6.07, 6.45) is -0.664. The van der Waals surface area contributed by atoms with Crippen LogP contribution in [-0.2, 0) is 0 Å².